The van der Waals surface area contributed by atoms with Crippen LogP contribution in [0.3, 0.4) is 0 Å². The van der Waals surface area contributed by atoms with Gasteiger partial charge in [0.25, 0.3) is 0 Å². The monoisotopic (exact) mass is 224 g/mol. The molecule has 0 radical (unpaired) electrons. The zero-order valence-electron chi connectivity index (χ0n) is 9.22. The number of hydrogen-bond donors (Lipinski definition) is 0. The molecule has 0 heterocycles. The maximum absolute atomic E-state index is 5.65. The molecule has 2 rings (SSSR count). The molecule has 0 bridgehead atoms. The molecule has 0 saturated carbocycles. The van der Waals surface area contributed by atoms with Gasteiger partial charge in [-0.15, -0.1) is 6.42 Å². The molecule has 0 N–H and O–H groups in total. The van der Waals surface area contributed by atoms with E-state index in [1.165, 1.54) is 16.2 Å². The molecule has 1 unspecified atom stereocenters. The van der Waals surface area contributed by atoms with Crippen LogP contribution in [0.25, 0.3) is 0 Å². The number of hydrogen-bond acceptors (Lipinski definition) is 0. The van der Waals surface area contributed by atoms with E-state index in [4.69, 9.17) is 6.42 Å². The lowest BCUT2D eigenvalue weighted by molar-refractivity contribution is 1.49. The Bertz CT molecular complexity index is 491. The predicted molar refractivity (Wildman–Crippen MR) is 72.6 cm³/mol. The summed E-state index contributed by atoms with van der Waals surface area (Å²) in [6.07, 6.45) is 5.65. The zero-order chi connectivity index (χ0) is 11.4. The van der Waals surface area contributed by atoms with Crippen LogP contribution in [0.15, 0.2) is 54.6 Å². The van der Waals surface area contributed by atoms with Crippen LogP contribution in [0.1, 0.15) is 5.56 Å². The highest BCUT2D eigenvalue weighted by molar-refractivity contribution is 7.77. The SMILES string of the molecule is C#CP(c1ccccc1)c1ccc(C)cc1. The van der Waals surface area contributed by atoms with E-state index in [2.05, 4.69) is 49.0 Å². The number of rotatable bonds is 2. The fourth-order valence-electron chi connectivity index (χ4n) is 1.57. The van der Waals surface area contributed by atoms with E-state index in [1.807, 2.05) is 18.2 Å². The number of benzene rings is 2. The van der Waals surface area contributed by atoms with Crippen molar-refractivity contribution >= 4 is 18.5 Å². The van der Waals surface area contributed by atoms with Crippen LogP contribution in [0, 0.1) is 19.0 Å². The molecule has 1 heteroatoms. The Hall–Kier alpha value is -1.57. The first kappa shape index (κ1) is 10.9. The first-order chi connectivity index (χ1) is 7.81. The van der Waals surface area contributed by atoms with Gasteiger partial charge in [-0.2, -0.15) is 0 Å². The molecule has 0 amide bonds. The van der Waals surface area contributed by atoms with Gasteiger partial charge in [0.2, 0.25) is 0 Å². The third-order valence-corrected chi connectivity index (χ3v) is 4.32. The lowest BCUT2D eigenvalue weighted by Gasteiger charge is -2.11. The lowest BCUT2D eigenvalue weighted by Crippen LogP contribution is -2.09. The van der Waals surface area contributed by atoms with Crippen molar-refractivity contribution in [3.8, 4) is 12.1 Å². The van der Waals surface area contributed by atoms with Crippen LogP contribution in [-0.2, 0) is 0 Å². The van der Waals surface area contributed by atoms with Gasteiger partial charge in [0.15, 0.2) is 0 Å². The molecule has 0 saturated heterocycles. The van der Waals surface area contributed by atoms with E-state index in [-0.39, 0.29) is 0 Å². The smallest absolute Gasteiger partial charge is 0.0341 e. The average Bonchev–Trinajstić information content (AvgIpc) is 2.34. The molecule has 0 aliphatic heterocycles. The van der Waals surface area contributed by atoms with Crippen LogP contribution < -0.4 is 10.6 Å². The lowest BCUT2D eigenvalue weighted by atomic mass is 10.2. The Morgan fingerprint density at radius 1 is 0.875 bits per heavy atom. The second-order valence-corrected chi connectivity index (χ2v) is 5.60. The van der Waals surface area contributed by atoms with Gasteiger partial charge < -0.3 is 0 Å². The fraction of sp³-hybridized carbons (Fsp3) is 0.0667. The molecular formula is C15H13P. The topological polar surface area (TPSA) is 0 Å². The van der Waals surface area contributed by atoms with Gasteiger partial charge in [0, 0.05) is 7.92 Å². The second-order valence-electron chi connectivity index (χ2n) is 3.64. The van der Waals surface area contributed by atoms with Crippen molar-refractivity contribution in [1.82, 2.24) is 0 Å². The van der Waals surface area contributed by atoms with Crippen molar-refractivity contribution in [2.75, 3.05) is 0 Å². The molecule has 0 aromatic heterocycles. The third-order valence-electron chi connectivity index (χ3n) is 2.44. The summed E-state index contributed by atoms with van der Waals surface area (Å²) in [5.41, 5.74) is 4.19. The van der Waals surface area contributed by atoms with Crippen molar-refractivity contribution in [1.29, 1.82) is 0 Å². The summed E-state index contributed by atoms with van der Waals surface area (Å²) in [5.74, 6) is 0. The number of aryl methyl sites for hydroxylation is 1. The summed E-state index contributed by atoms with van der Waals surface area (Å²) in [7, 11) is -0.633. The van der Waals surface area contributed by atoms with E-state index in [1.54, 1.807) is 0 Å². The molecular weight excluding hydrogens is 211 g/mol. The predicted octanol–water partition coefficient (Wildman–Crippen LogP) is 3.02. The summed E-state index contributed by atoms with van der Waals surface area (Å²) in [6.45, 7) is 2.09. The quantitative estimate of drug-likeness (QED) is 0.543. The zero-order valence-corrected chi connectivity index (χ0v) is 10.1. The van der Waals surface area contributed by atoms with E-state index in [0.717, 1.165) is 0 Å². The molecule has 2 aromatic carbocycles. The van der Waals surface area contributed by atoms with E-state index in [0.29, 0.717) is 0 Å². The van der Waals surface area contributed by atoms with Crippen molar-refractivity contribution < 1.29 is 0 Å². The van der Waals surface area contributed by atoms with Gasteiger partial charge in [-0.1, -0.05) is 65.8 Å². The molecule has 0 aliphatic rings. The number of terminal acetylenes is 1. The molecule has 1 atom stereocenters. The molecule has 0 nitrogen and oxygen atoms in total. The standard InChI is InChI=1S/C15H13P/c1-3-16(14-7-5-4-6-8-14)15-11-9-13(2)10-12-15/h1,4-12H,2H3. The van der Waals surface area contributed by atoms with E-state index < -0.39 is 7.92 Å². The summed E-state index contributed by atoms with van der Waals surface area (Å²) >= 11 is 0. The summed E-state index contributed by atoms with van der Waals surface area (Å²) in [4.78, 5) is 0. The Morgan fingerprint density at radius 2 is 1.44 bits per heavy atom. The molecule has 0 spiro atoms. The van der Waals surface area contributed by atoms with E-state index in [9.17, 15) is 0 Å². The van der Waals surface area contributed by atoms with Gasteiger partial charge in [-0.3, -0.25) is 0 Å². The summed E-state index contributed by atoms with van der Waals surface area (Å²) in [6, 6.07) is 18.8. The molecule has 0 fully saturated rings. The maximum atomic E-state index is 5.65. The minimum atomic E-state index is -0.633. The largest absolute Gasteiger partial charge is 0.115 e. The summed E-state index contributed by atoms with van der Waals surface area (Å²) < 4.78 is 0. The van der Waals surface area contributed by atoms with Crippen LogP contribution in [0.5, 0.6) is 0 Å². The van der Waals surface area contributed by atoms with Gasteiger partial charge >= 0.3 is 0 Å². The van der Waals surface area contributed by atoms with Crippen LogP contribution in [-0.4, -0.2) is 0 Å². The third kappa shape index (κ3) is 2.32. The molecule has 16 heavy (non-hydrogen) atoms. The Morgan fingerprint density at radius 3 is 2.00 bits per heavy atom. The van der Waals surface area contributed by atoms with Crippen molar-refractivity contribution in [2.45, 2.75) is 6.92 Å². The Kier molecular flexibility index (Phi) is 3.40. The molecule has 0 aliphatic carbocycles. The van der Waals surface area contributed by atoms with Crippen LogP contribution in [0.2, 0.25) is 0 Å². The second kappa shape index (κ2) is 4.97. The highest BCUT2D eigenvalue weighted by atomic mass is 31.1. The Balaban J connectivity index is 2.38. The first-order valence-electron chi connectivity index (χ1n) is 5.19. The van der Waals surface area contributed by atoms with Gasteiger partial charge in [0.05, 0.1) is 0 Å². The average molecular weight is 224 g/mol. The highest BCUT2D eigenvalue weighted by Gasteiger charge is 2.09. The highest BCUT2D eigenvalue weighted by Crippen LogP contribution is 2.31. The van der Waals surface area contributed by atoms with Crippen molar-refractivity contribution in [3.05, 3.63) is 60.2 Å². The fourth-order valence-corrected chi connectivity index (χ4v) is 3.08. The summed E-state index contributed by atoms with van der Waals surface area (Å²) in [5, 5.41) is 2.48. The minimum Gasteiger partial charge on any atom is -0.115 e. The van der Waals surface area contributed by atoms with E-state index >= 15 is 0 Å². The van der Waals surface area contributed by atoms with Crippen molar-refractivity contribution in [2.24, 2.45) is 0 Å². The maximum Gasteiger partial charge on any atom is 0.0341 e. The molecule has 2 aromatic rings. The normalized spacial score (nSPS) is 11.8. The first-order valence-corrected chi connectivity index (χ1v) is 6.53. The van der Waals surface area contributed by atoms with Gasteiger partial charge in [-0.25, -0.2) is 0 Å². The van der Waals surface area contributed by atoms with Crippen LogP contribution >= 0.6 is 7.92 Å². The minimum absolute atomic E-state index is 0.633. The van der Waals surface area contributed by atoms with Crippen LogP contribution in [0.4, 0.5) is 0 Å². The molecule has 78 valence electrons. The van der Waals surface area contributed by atoms with Crippen molar-refractivity contribution in [3.63, 3.8) is 0 Å². The van der Waals surface area contributed by atoms with Gasteiger partial charge in [-0.05, 0) is 17.5 Å². The van der Waals surface area contributed by atoms with Gasteiger partial charge in [0.1, 0.15) is 0 Å². The Labute approximate surface area is 98.1 Å².